The van der Waals surface area contributed by atoms with E-state index < -0.39 is 46.5 Å². The molecule has 0 radical (unpaired) electrons. The van der Waals surface area contributed by atoms with Crippen LogP contribution in [0.25, 0.3) is 5.65 Å². The molecule has 0 aromatic carbocycles. The van der Waals surface area contributed by atoms with Crippen LogP contribution >= 0.6 is 34.9 Å². The summed E-state index contributed by atoms with van der Waals surface area (Å²) >= 11 is 3.46. The third kappa shape index (κ3) is 5.67. The molecule has 2 aliphatic heterocycles. The van der Waals surface area contributed by atoms with E-state index in [9.17, 15) is 29.4 Å². The second-order valence-electron chi connectivity index (χ2n) is 9.78. The fraction of sp³-hybridized carbons (Fsp3) is 0.348. The highest BCUT2D eigenvalue weighted by Crippen LogP contribution is 2.41. The quantitative estimate of drug-likeness (QED) is 0.0462. The van der Waals surface area contributed by atoms with Crippen LogP contribution in [0.3, 0.4) is 0 Å². The van der Waals surface area contributed by atoms with Crippen molar-refractivity contribution >= 4 is 80.9 Å². The van der Waals surface area contributed by atoms with Gasteiger partial charge in [-0.15, -0.1) is 23.1 Å². The Hall–Kier alpha value is -4.43. The maximum absolute atomic E-state index is 13.2. The Balaban J connectivity index is 1.35. The van der Waals surface area contributed by atoms with Gasteiger partial charge in [-0.3, -0.25) is 14.5 Å². The van der Waals surface area contributed by atoms with Gasteiger partial charge in [0, 0.05) is 22.0 Å². The van der Waals surface area contributed by atoms with E-state index in [-0.39, 0.29) is 33.8 Å². The lowest BCUT2D eigenvalue weighted by atomic mass is 10.0. The van der Waals surface area contributed by atoms with Crippen LogP contribution in [0.4, 0.5) is 10.9 Å². The number of thioether (sulfide) groups is 2. The average molecular weight is 649 g/mol. The van der Waals surface area contributed by atoms with Gasteiger partial charge in [0.15, 0.2) is 10.8 Å². The molecule has 226 valence electrons. The normalized spacial score (nSPS) is 18.8. The monoisotopic (exact) mass is 648 g/mol. The largest absolute Gasteiger partial charge is 0.543 e. The van der Waals surface area contributed by atoms with Crippen molar-refractivity contribution in [1.29, 1.82) is 0 Å². The van der Waals surface area contributed by atoms with E-state index in [2.05, 4.69) is 25.5 Å². The number of oxime groups is 1. The van der Waals surface area contributed by atoms with Crippen LogP contribution in [0.15, 0.2) is 39.4 Å². The zero-order valence-electron chi connectivity index (χ0n) is 22.7. The number of aryl methyl sites for hydroxylation is 1. The minimum Gasteiger partial charge on any atom is -0.543 e. The van der Waals surface area contributed by atoms with E-state index in [0.717, 1.165) is 16.2 Å². The fourth-order valence-corrected chi connectivity index (χ4v) is 7.06. The van der Waals surface area contributed by atoms with Gasteiger partial charge in [0.2, 0.25) is 5.60 Å². The van der Waals surface area contributed by atoms with Crippen LogP contribution < -0.4 is 26.5 Å². The summed E-state index contributed by atoms with van der Waals surface area (Å²) in [6, 6.07) is 0.532. The number of aliphatic carboxylic acids is 2. The number of aromatic nitrogens is 5. The molecule has 5 heterocycles. The van der Waals surface area contributed by atoms with Crippen molar-refractivity contribution in [2.75, 3.05) is 23.0 Å². The molecule has 1 fully saturated rings. The van der Waals surface area contributed by atoms with Gasteiger partial charge in [-0.05, 0) is 23.9 Å². The van der Waals surface area contributed by atoms with Crippen molar-refractivity contribution in [3.63, 3.8) is 0 Å². The Kier molecular flexibility index (Phi) is 7.92. The molecule has 6 N–H and O–H groups in total. The maximum Gasteiger partial charge on any atom is 0.350 e. The van der Waals surface area contributed by atoms with Crippen LogP contribution in [0.5, 0.6) is 0 Å². The van der Waals surface area contributed by atoms with E-state index in [1.807, 2.05) is 0 Å². The van der Waals surface area contributed by atoms with E-state index >= 15 is 0 Å². The molecular weight excluding hydrogens is 625 g/mol. The fourth-order valence-electron chi connectivity index (χ4n) is 4.07. The summed E-state index contributed by atoms with van der Waals surface area (Å²) in [7, 11) is 1.79. The minimum absolute atomic E-state index is 0.00536. The van der Waals surface area contributed by atoms with Crippen LogP contribution in [-0.4, -0.2) is 87.6 Å². The molecule has 1 saturated heterocycles. The maximum atomic E-state index is 13.2. The molecule has 0 spiro atoms. The zero-order valence-corrected chi connectivity index (χ0v) is 25.2. The second kappa shape index (κ2) is 11.3. The summed E-state index contributed by atoms with van der Waals surface area (Å²) in [6.45, 7) is 2.47. The molecule has 0 bridgehead atoms. The number of anilines is 2. The highest BCUT2D eigenvalue weighted by Gasteiger charge is 2.53. The standard InChI is InChI=1S/C23H24N10O7S3/c1-23(2,20(38)39)40-30-13(10-7-42-21(25)27-10)16(34)29-14-17(35)32-15(19(36)37)9(5-41-18(14)32)6-43-22-28-11(24)4-12-31(3)8-26-33(12)22/h4,7-8,14,18,24H,5-6H2,1-3H3,(H5,25,27,29,34,36,37,38,39)/b30-13-/t14?,18-/m0/s1. The first-order valence-electron chi connectivity index (χ1n) is 12.3. The number of hydrogen-bond acceptors (Lipinski definition) is 15. The first-order chi connectivity index (χ1) is 20.3. The summed E-state index contributed by atoms with van der Waals surface area (Å²) < 4.78 is 3.32. The smallest absolute Gasteiger partial charge is 0.350 e. The van der Waals surface area contributed by atoms with Gasteiger partial charge >= 0.3 is 5.97 Å². The molecule has 0 saturated carbocycles. The predicted octanol–water partition coefficient (Wildman–Crippen LogP) is -2.05. The molecule has 43 heavy (non-hydrogen) atoms. The van der Waals surface area contributed by atoms with Gasteiger partial charge in [-0.2, -0.15) is 4.98 Å². The van der Waals surface area contributed by atoms with Crippen LogP contribution in [0.1, 0.15) is 19.5 Å². The lowest BCUT2D eigenvalue weighted by Gasteiger charge is -2.50. The number of fused-ring (bicyclic) bond motifs is 2. The van der Waals surface area contributed by atoms with E-state index in [1.165, 1.54) is 42.8 Å². The number of hydrogen-bond donors (Lipinski definition) is 4. The summed E-state index contributed by atoms with van der Waals surface area (Å²) in [6.07, 6.45) is 1.58. The van der Waals surface area contributed by atoms with E-state index in [0.29, 0.717) is 16.4 Å². The number of thiazole rings is 1. The number of amides is 2. The number of nitrogen functional groups attached to an aromatic ring is 2. The highest BCUT2D eigenvalue weighted by molar-refractivity contribution is 8.01. The first-order valence-corrected chi connectivity index (χ1v) is 15.2. The number of β-lactam (4-membered cyclic amide) rings is 1. The highest BCUT2D eigenvalue weighted by atomic mass is 32.2. The lowest BCUT2D eigenvalue weighted by molar-refractivity contribution is -0.646. The molecule has 3 aromatic heterocycles. The van der Waals surface area contributed by atoms with Crippen molar-refractivity contribution < 1.29 is 38.8 Å². The van der Waals surface area contributed by atoms with Gasteiger partial charge in [0.25, 0.3) is 28.9 Å². The van der Waals surface area contributed by atoms with Crippen LogP contribution in [0, 0.1) is 0 Å². The number of nitrogens with one attached hydrogen (secondary N) is 1. The second-order valence-corrected chi connectivity index (χ2v) is 12.7. The van der Waals surface area contributed by atoms with Gasteiger partial charge in [-0.1, -0.05) is 16.9 Å². The molecule has 3 aromatic rings. The molecule has 17 nitrogen and oxygen atoms in total. The SMILES string of the molecule is C[n+]1cnn2c(SCC3=C(C(=O)[O-])N4C(=O)C(NC(=O)/C(=N\OC(C)(C)C(=O)O)c5csc(N)n5)[C@@H]4SC3)nc(N)cc21. The number of rotatable bonds is 10. The predicted molar refractivity (Wildman–Crippen MR) is 152 cm³/mol. The molecule has 1 unspecified atom stereocenters. The van der Waals surface area contributed by atoms with E-state index in [4.69, 9.17) is 16.3 Å². The lowest BCUT2D eigenvalue weighted by Crippen LogP contribution is -2.71. The molecule has 5 rings (SSSR count). The number of nitrogens with two attached hydrogens (primary N) is 2. The number of carbonyl (C=O) groups is 4. The van der Waals surface area contributed by atoms with Crippen molar-refractivity contribution in [2.24, 2.45) is 12.2 Å². The van der Waals surface area contributed by atoms with Crippen molar-refractivity contribution in [1.82, 2.24) is 29.8 Å². The molecular formula is C23H24N10O7S3. The third-order valence-corrected chi connectivity index (χ3v) is 9.39. The van der Waals surface area contributed by atoms with Crippen LogP contribution in [0.2, 0.25) is 0 Å². The number of carboxylic acid groups (broad SMARTS) is 2. The summed E-state index contributed by atoms with van der Waals surface area (Å²) in [5.74, 6) is -3.82. The Morgan fingerprint density at radius 2 is 2.09 bits per heavy atom. The van der Waals surface area contributed by atoms with Gasteiger partial charge in [-0.25, -0.2) is 14.3 Å². The van der Waals surface area contributed by atoms with E-state index in [1.54, 1.807) is 28.5 Å². The Morgan fingerprint density at radius 1 is 1.35 bits per heavy atom. The average Bonchev–Trinajstić information content (AvgIpc) is 3.54. The Bertz CT molecular complexity index is 1730. The van der Waals surface area contributed by atoms with Crippen LogP contribution in [-0.2, 0) is 31.1 Å². The summed E-state index contributed by atoms with van der Waals surface area (Å²) in [5.41, 5.74) is 10.3. The van der Waals surface area contributed by atoms with Gasteiger partial charge < -0.3 is 36.6 Å². The molecule has 2 amide bonds. The number of carbonyl (C=O) groups excluding carboxylic acids is 3. The zero-order chi connectivity index (χ0) is 31.2. The molecule has 2 atom stereocenters. The number of nitrogens with zero attached hydrogens (tertiary/aromatic N) is 7. The first kappa shape index (κ1) is 30.0. The Labute approximate surface area is 255 Å². The topological polar surface area (TPSA) is 247 Å². The minimum atomic E-state index is -1.78. The van der Waals surface area contributed by atoms with Gasteiger partial charge in [0.05, 0.1) is 24.8 Å². The molecule has 20 heteroatoms. The third-order valence-electron chi connectivity index (χ3n) is 6.36. The summed E-state index contributed by atoms with van der Waals surface area (Å²) in [4.78, 5) is 64.6. The van der Waals surface area contributed by atoms with Gasteiger partial charge in [0.1, 0.15) is 22.9 Å². The van der Waals surface area contributed by atoms with Crippen molar-refractivity contribution in [3.05, 3.63) is 34.7 Å². The molecule has 2 aliphatic rings. The summed E-state index contributed by atoms with van der Waals surface area (Å²) in [5, 5.41) is 33.3. The molecule has 0 aliphatic carbocycles. The van der Waals surface area contributed by atoms with Crippen molar-refractivity contribution in [2.45, 2.75) is 36.0 Å². The van der Waals surface area contributed by atoms with Crippen molar-refractivity contribution in [3.8, 4) is 0 Å². The number of carboxylic acids is 2. The Morgan fingerprint density at radius 3 is 2.74 bits per heavy atom.